The number of aliphatic hydroxyl groups is 3. The molecule has 0 bridgehead atoms. The summed E-state index contributed by atoms with van der Waals surface area (Å²) >= 11 is 0. The lowest BCUT2D eigenvalue weighted by atomic mass is 9.57. The number of fused-ring (bicyclic) bond motifs is 3. The van der Waals surface area contributed by atoms with Gasteiger partial charge in [0.05, 0.1) is 11.6 Å². The Bertz CT molecular complexity index is 1180. The number of benzene rings is 1. The number of nitrogens with two attached hydrogens (primary N) is 1. The number of primary amides is 1. The number of carbonyl (C=O) groups is 3. The number of carbonyl (C=O) groups excluding carboxylic acids is 3. The first-order valence-electron chi connectivity index (χ1n) is 11.9. The van der Waals surface area contributed by atoms with Gasteiger partial charge in [-0.3, -0.25) is 19.3 Å². The molecule has 1 saturated carbocycles. The number of likely N-dealkylation sites (N-methyl/N-ethyl adjacent to an activating group) is 1. The van der Waals surface area contributed by atoms with E-state index in [9.17, 15) is 34.8 Å². The van der Waals surface area contributed by atoms with Crippen molar-refractivity contribution in [2.24, 2.45) is 17.6 Å². The van der Waals surface area contributed by atoms with Gasteiger partial charge >= 0.3 is 0 Å². The average molecular weight is 485 g/mol. The number of hydrogen-bond acceptors (Lipinski definition) is 8. The third kappa shape index (κ3) is 3.56. The van der Waals surface area contributed by atoms with Crippen molar-refractivity contribution in [3.8, 4) is 5.75 Å². The number of aromatic hydroxyl groups is 1. The quantitative estimate of drug-likeness (QED) is 0.301. The molecule has 6 N–H and O–H groups in total. The Kier molecular flexibility index (Phi) is 6.27. The van der Waals surface area contributed by atoms with Crippen LogP contribution in [0, 0.1) is 11.8 Å². The summed E-state index contributed by atoms with van der Waals surface area (Å²) in [6, 6.07) is 2.22. The molecule has 0 aliphatic heterocycles. The van der Waals surface area contributed by atoms with Gasteiger partial charge in [-0.25, -0.2) is 0 Å². The predicted molar refractivity (Wildman–Crippen MR) is 127 cm³/mol. The Morgan fingerprint density at radius 2 is 1.86 bits per heavy atom. The molecule has 188 valence electrons. The predicted octanol–water partition coefficient (Wildman–Crippen LogP) is 1.70. The monoisotopic (exact) mass is 484 g/mol. The minimum atomic E-state index is -2.61. The third-order valence-corrected chi connectivity index (χ3v) is 7.75. The van der Waals surface area contributed by atoms with Gasteiger partial charge in [-0.05, 0) is 62.9 Å². The van der Waals surface area contributed by atoms with Crippen molar-refractivity contribution >= 4 is 23.2 Å². The lowest BCUT2D eigenvalue weighted by Gasteiger charge is -2.50. The minimum absolute atomic E-state index is 0.0931. The van der Waals surface area contributed by atoms with Gasteiger partial charge in [0.2, 0.25) is 5.78 Å². The Hall–Kier alpha value is -3.17. The van der Waals surface area contributed by atoms with E-state index in [2.05, 4.69) is 6.92 Å². The van der Waals surface area contributed by atoms with Gasteiger partial charge < -0.3 is 26.2 Å². The molecule has 1 fully saturated rings. The molecule has 0 saturated heterocycles. The lowest BCUT2D eigenvalue weighted by molar-refractivity contribution is -0.153. The molecule has 9 heteroatoms. The first-order valence-corrected chi connectivity index (χ1v) is 11.9. The van der Waals surface area contributed by atoms with Crippen molar-refractivity contribution in [1.82, 2.24) is 4.90 Å². The summed E-state index contributed by atoms with van der Waals surface area (Å²) in [5.41, 5.74) is 3.64. The number of Topliss-reactive ketones (excluding diaryl/α,β-unsaturated/α-hetero) is 2. The number of amides is 1. The molecule has 3 aliphatic carbocycles. The van der Waals surface area contributed by atoms with Crippen LogP contribution in [0.4, 0.5) is 0 Å². The van der Waals surface area contributed by atoms with Gasteiger partial charge in [-0.2, -0.15) is 0 Å². The highest BCUT2D eigenvalue weighted by atomic mass is 16.3. The molecule has 35 heavy (non-hydrogen) atoms. The number of aryl methyl sites for hydroxylation is 1. The number of aliphatic hydroxyl groups excluding tert-OH is 2. The van der Waals surface area contributed by atoms with Crippen molar-refractivity contribution < 1.29 is 34.8 Å². The second-order valence-corrected chi connectivity index (χ2v) is 10.0. The summed E-state index contributed by atoms with van der Waals surface area (Å²) in [5.74, 6) is -6.33. The highest BCUT2D eigenvalue weighted by Crippen LogP contribution is 2.53. The maximum absolute atomic E-state index is 13.8. The highest BCUT2D eigenvalue weighted by molar-refractivity contribution is 6.24. The zero-order valence-electron chi connectivity index (χ0n) is 20.2. The fraction of sp³-hybridized carbons (Fsp3) is 0.500. The molecule has 0 unspecified atom stereocenters. The number of unbranched alkanes of at least 4 members (excludes halogenated alkanes) is 2. The van der Waals surface area contributed by atoms with Crippen LogP contribution < -0.4 is 5.73 Å². The number of nitrogens with zero attached hydrogens (tertiary/aromatic N) is 1. The van der Waals surface area contributed by atoms with E-state index in [-0.39, 0.29) is 23.3 Å². The van der Waals surface area contributed by atoms with Crippen LogP contribution in [0.5, 0.6) is 5.75 Å². The molecule has 0 radical (unpaired) electrons. The zero-order chi connectivity index (χ0) is 25.8. The highest BCUT2D eigenvalue weighted by Gasteiger charge is 2.64. The van der Waals surface area contributed by atoms with Gasteiger partial charge in [0.1, 0.15) is 22.8 Å². The van der Waals surface area contributed by atoms with E-state index in [1.807, 2.05) is 6.07 Å². The normalized spacial score (nSPS) is 28.2. The van der Waals surface area contributed by atoms with E-state index >= 15 is 0 Å². The fourth-order valence-corrected chi connectivity index (χ4v) is 6.11. The molecule has 1 amide bonds. The van der Waals surface area contributed by atoms with E-state index in [1.165, 1.54) is 11.0 Å². The van der Waals surface area contributed by atoms with E-state index < -0.39 is 58.0 Å². The van der Waals surface area contributed by atoms with Crippen LogP contribution in [0.1, 0.15) is 49.3 Å². The molecule has 1 aromatic carbocycles. The van der Waals surface area contributed by atoms with Crippen molar-refractivity contribution in [2.45, 2.75) is 57.1 Å². The SMILES string of the molecule is CCCCCc1ccc(O)c2c1C[C@@H]1C[C@@H]3[C@@H](N(C)C)C(=O)C(C(N)=O)=C(O)[C@@]3(O)C(=O)C1=C2O. The number of phenols is 1. The Labute approximate surface area is 203 Å². The number of rotatable bonds is 6. The van der Waals surface area contributed by atoms with E-state index in [0.29, 0.717) is 6.42 Å². The van der Waals surface area contributed by atoms with Crippen LogP contribution in [-0.4, -0.2) is 68.5 Å². The number of phenolic OH excluding ortho intramolecular Hbond substituents is 1. The smallest absolute Gasteiger partial charge is 0.255 e. The van der Waals surface area contributed by atoms with Crippen LogP contribution in [0.2, 0.25) is 0 Å². The third-order valence-electron chi connectivity index (χ3n) is 7.75. The van der Waals surface area contributed by atoms with Gasteiger partial charge in [-0.15, -0.1) is 0 Å². The van der Waals surface area contributed by atoms with Gasteiger partial charge in [0, 0.05) is 11.5 Å². The minimum Gasteiger partial charge on any atom is -0.508 e. The van der Waals surface area contributed by atoms with Gasteiger partial charge in [0.15, 0.2) is 11.4 Å². The molecule has 4 atom stereocenters. The van der Waals surface area contributed by atoms with E-state index in [0.717, 1.165) is 36.8 Å². The Morgan fingerprint density at radius 1 is 1.17 bits per heavy atom. The summed E-state index contributed by atoms with van der Waals surface area (Å²) in [6.45, 7) is 2.10. The van der Waals surface area contributed by atoms with Crippen LogP contribution in [-0.2, 0) is 27.2 Å². The van der Waals surface area contributed by atoms with E-state index in [1.54, 1.807) is 14.1 Å². The van der Waals surface area contributed by atoms with Gasteiger partial charge in [0.25, 0.3) is 5.91 Å². The van der Waals surface area contributed by atoms with Crippen LogP contribution in [0.15, 0.2) is 29.0 Å². The van der Waals surface area contributed by atoms with Crippen molar-refractivity contribution in [3.05, 3.63) is 45.7 Å². The van der Waals surface area contributed by atoms with Crippen LogP contribution in [0.3, 0.4) is 0 Å². The van der Waals surface area contributed by atoms with Crippen LogP contribution in [0.25, 0.3) is 5.76 Å². The number of ketones is 2. The Balaban J connectivity index is 1.91. The fourth-order valence-electron chi connectivity index (χ4n) is 6.11. The molecular formula is C26H32N2O7. The second-order valence-electron chi connectivity index (χ2n) is 10.0. The number of hydrogen-bond donors (Lipinski definition) is 5. The van der Waals surface area contributed by atoms with Crippen molar-refractivity contribution in [3.63, 3.8) is 0 Å². The molecule has 0 heterocycles. The summed E-state index contributed by atoms with van der Waals surface area (Å²) in [6.07, 6.45) is 4.16. The standard InChI is InChI=1S/C26H32N2O7/c1-4-5-6-7-12-8-9-16(29)18-14(12)10-13-11-15-20(28(2)3)22(31)19(25(27)34)24(33)26(15,35)23(32)17(13)21(18)30/h8-9,13,15,20,29-30,33,35H,4-7,10-11H2,1-3H3,(H2,27,34)/t13-,15-,20-,26+/m1/s1. The summed E-state index contributed by atoms with van der Waals surface area (Å²) in [7, 11) is 3.16. The maximum Gasteiger partial charge on any atom is 0.255 e. The molecule has 9 nitrogen and oxygen atoms in total. The first-order chi connectivity index (χ1) is 16.5. The summed E-state index contributed by atoms with van der Waals surface area (Å²) < 4.78 is 0. The average Bonchev–Trinajstić information content (AvgIpc) is 2.77. The molecule has 0 aromatic heterocycles. The zero-order valence-corrected chi connectivity index (χ0v) is 20.2. The summed E-state index contributed by atoms with van der Waals surface area (Å²) in [5, 5.41) is 44.2. The Morgan fingerprint density at radius 3 is 2.46 bits per heavy atom. The largest absolute Gasteiger partial charge is 0.508 e. The van der Waals surface area contributed by atoms with Crippen molar-refractivity contribution in [2.75, 3.05) is 14.1 Å². The molecule has 4 rings (SSSR count). The summed E-state index contributed by atoms with van der Waals surface area (Å²) in [4.78, 5) is 40.4. The maximum atomic E-state index is 13.8. The molecule has 3 aliphatic rings. The second kappa shape index (κ2) is 8.80. The molecule has 1 aromatic rings. The first kappa shape index (κ1) is 24.9. The van der Waals surface area contributed by atoms with E-state index in [4.69, 9.17) is 5.73 Å². The molecular weight excluding hydrogens is 452 g/mol. The van der Waals surface area contributed by atoms with Crippen LogP contribution >= 0.6 is 0 Å². The molecule has 0 spiro atoms. The van der Waals surface area contributed by atoms with Gasteiger partial charge in [-0.1, -0.05) is 25.8 Å². The van der Waals surface area contributed by atoms with Crippen molar-refractivity contribution in [1.29, 1.82) is 0 Å². The topological polar surface area (TPSA) is 161 Å². The lowest BCUT2D eigenvalue weighted by Crippen LogP contribution is -2.65.